The maximum absolute atomic E-state index is 5.98. The van der Waals surface area contributed by atoms with Crippen LogP contribution < -0.4 is 0 Å². The van der Waals surface area contributed by atoms with Crippen molar-refractivity contribution in [1.29, 1.82) is 0 Å². The molecule has 0 bridgehead atoms. The van der Waals surface area contributed by atoms with E-state index in [9.17, 15) is 0 Å². The molecule has 1 heterocycles. The molecule has 0 radical (unpaired) electrons. The Morgan fingerprint density at radius 3 is 2.33 bits per heavy atom. The summed E-state index contributed by atoms with van der Waals surface area (Å²) in [7, 11) is 2.21. The molecule has 2 rings (SSSR count). The zero-order chi connectivity index (χ0) is 8.77. The minimum absolute atomic E-state index is 0.265. The van der Waals surface area contributed by atoms with Crippen molar-refractivity contribution in [2.45, 2.75) is 50.9 Å². The van der Waals surface area contributed by atoms with Crippen molar-refractivity contribution in [1.82, 2.24) is 4.90 Å². The molecule has 2 fully saturated rings. The van der Waals surface area contributed by atoms with E-state index in [1.807, 2.05) is 0 Å². The summed E-state index contributed by atoms with van der Waals surface area (Å²) in [6, 6.07) is 0.722. The SMILES string of the molecule is CC(C)OC1([C@@H]2CCN2C)CC1. The van der Waals surface area contributed by atoms with Gasteiger partial charge in [-0.05, 0) is 46.7 Å². The highest BCUT2D eigenvalue weighted by Gasteiger charge is 2.55. The van der Waals surface area contributed by atoms with Crippen LogP contribution in [0, 0.1) is 0 Å². The van der Waals surface area contributed by atoms with Crippen molar-refractivity contribution in [2.24, 2.45) is 0 Å². The van der Waals surface area contributed by atoms with Crippen LogP contribution in [0.5, 0.6) is 0 Å². The van der Waals surface area contributed by atoms with Gasteiger partial charge in [0.15, 0.2) is 0 Å². The van der Waals surface area contributed by atoms with Crippen molar-refractivity contribution < 1.29 is 4.74 Å². The van der Waals surface area contributed by atoms with Crippen molar-refractivity contribution in [3.8, 4) is 0 Å². The first-order valence-electron chi connectivity index (χ1n) is 5.02. The summed E-state index contributed by atoms with van der Waals surface area (Å²) in [4.78, 5) is 2.43. The van der Waals surface area contributed by atoms with Crippen LogP contribution in [0.3, 0.4) is 0 Å². The zero-order valence-electron chi connectivity index (χ0n) is 8.34. The molecular formula is C10H19NO. The lowest BCUT2D eigenvalue weighted by molar-refractivity contribution is -0.0893. The molecule has 2 heteroatoms. The molecule has 0 aromatic carbocycles. The summed E-state index contributed by atoms with van der Waals surface area (Å²) < 4.78 is 5.98. The number of likely N-dealkylation sites (N-methyl/N-ethyl adjacent to an activating group) is 1. The van der Waals surface area contributed by atoms with Crippen LogP contribution >= 0.6 is 0 Å². The van der Waals surface area contributed by atoms with Crippen LogP contribution in [0.2, 0.25) is 0 Å². The Morgan fingerprint density at radius 1 is 1.42 bits per heavy atom. The lowest BCUT2D eigenvalue weighted by Crippen LogP contribution is -2.54. The lowest BCUT2D eigenvalue weighted by Gasteiger charge is -2.44. The van der Waals surface area contributed by atoms with Crippen molar-refractivity contribution in [3.63, 3.8) is 0 Å². The smallest absolute Gasteiger partial charge is 0.0842 e. The highest BCUT2D eigenvalue weighted by atomic mass is 16.5. The first-order valence-corrected chi connectivity index (χ1v) is 5.02. The molecule has 1 saturated carbocycles. The predicted octanol–water partition coefficient (Wildman–Crippen LogP) is 1.65. The van der Waals surface area contributed by atoms with Crippen molar-refractivity contribution in [2.75, 3.05) is 13.6 Å². The van der Waals surface area contributed by atoms with Crippen LogP contribution in [0.4, 0.5) is 0 Å². The third kappa shape index (κ3) is 1.27. The fourth-order valence-corrected chi connectivity index (χ4v) is 2.30. The zero-order valence-corrected chi connectivity index (χ0v) is 8.34. The first-order chi connectivity index (χ1) is 5.64. The largest absolute Gasteiger partial charge is 0.371 e. The molecule has 1 aliphatic heterocycles. The van der Waals surface area contributed by atoms with Gasteiger partial charge in [0.25, 0.3) is 0 Å². The predicted molar refractivity (Wildman–Crippen MR) is 49.2 cm³/mol. The number of hydrogen-bond acceptors (Lipinski definition) is 2. The van der Waals surface area contributed by atoms with Crippen LogP contribution in [0.1, 0.15) is 33.1 Å². The third-order valence-electron chi connectivity index (χ3n) is 3.11. The molecular weight excluding hydrogens is 150 g/mol. The van der Waals surface area contributed by atoms with E-state index in [1.54, 1.807) is 0 Å². The molecule has 70 valence electrons. The highest BCUT2D eigenvalue weighted by Crippen LogP contribution is 2.48. The monoisotopic (exact) mass is 169 g/mol. The normalized spacial score (nSPS) is 33.5. The van der Waals surface area contributed by atoms with Gasteiger partial charge in [-0.1, -0.05) is 0 Å². The van der Waals surface area contributed by atoms with E-state index in [4.69, 9.17) is 4.74 Å². The number of ether oxygens (including phenoxy) is 1. The summed E-state index contributed by atoms with van der Waals surface area (Å²) in [5, 5.41) is 0. The summed E-state index contributed by atoms with van der Waals surface area (Å²) in [5.74, 6) is 0. The van der Waals surface area contributed by atoms with Crippen LogP contribution in [0.15, 0.2) is 0 Å². The highest BCUT2D eigenvalue weighted by molar-refractivity contribution is 5.09. The minimum atomic E-state index is 0.265. The Bertz CT molecular complexity index is 175. The number of hydrogen-bond donors (Lipinski definition) is 0. The van der Waals surface area contributed by atoms with E-state index in [2.05, 4.69) is 25.8 Å². The Morgan fingerprint density at radius 2 is 2.08 bits per heavy atom. The van der Waals surface area contributed by atoms with E-state index in [0.717, 1.165) is 6.04 Å². The van der Waals surface area contributed by atoms with Crippen LogP contribution in [-0.4, -0.2) is 36.2 Å². The molecule has 1 aliphatic carbocycles. The molecule has 0 unspecified atom stereocenters. The van der Waals surface area contributed by atoms with Crippen LogP contribution in [0.25, 0.3) is 0 Å². The second-order valence-corrected chi connectivity index (χ2v) is 4.52. The summed E-state index contributed by atoms with van der Waals surface area (Å²) >= 11 is 0. The van der Waals surface area contributed by atoms with Crippen molar-refractivity contribution >= 4 is 0 Å². The molecule has 0 amide bonds. The topological polar surface area (TPSA) is 12.5 Å². The quantitative estimate of drug-likeness (QED) is 0.637. The van der Waals surface area contributed by atoms with Gasteiger partial charge < -0.3 is 9.64 Å². The third-order valence-corrected chi connectivity index (χ3v) is 3.11. The van der Waals surface area contributed by atoms with E-state index in [-0.39, 0.29) is 5.60 Å². The molecule has 0 aromatic rings. The molecule has 0 aromatic heterocycles. The fraction of sp³-hybridized carbons (Fsp3) is 1.00. The van der Waals surface area contributed by atoms with Gasteiger partial charge in [-0.25, -0.2) is 0 Å². The lowest BCUT2D eigenvalue weighted by atomic mass is 9.96. The summed E-state index contributed by atoms with van der Waals surface area (Å²) in [6.45, 7) is 5.53. The standard InChI is InChI=1S/C10H19NO/c1-8(2)12-10(5-6-10)9-4-7-11(9)3/h8-9H,4-7H2,1-3H3/t9-/m0/s1. The number of nitrogens with zero attached hydrogens (tertiary/aromatic N) is 1. The van der Waals surface area contributed by atoms with E-state index in [0.29, 0.717) is 6.10 Å². The van der Waals surface area contributed by atoms with Gasteiger partial charge in [-0.2, -0.15) is 0 Å². The second-order valence-electron chi connectivity index (χ2n) is 4.52. The van der Waals surface area contributed by atoms with Gasteiger partial charge in [0.1, 0.15) is 0 Å². The van der Waals surface area contributed by atoms with E-state index >= 15 is 0 Å². The van der Waals surface area contributed by atoms with Gasteiger partial charge in [-0.3, -0.25) is 0 Å². The minimum Gasteiger partial charge on any atom is -0.371 e. The molecule has 1 atom stereocenters. The van der Waals surface area contributed by atoms with Crippen LogP contribution in [-0.2, 0) is 4.74 Å². The Hall–Kier alpha value is -0.0800. The molecule has 2 nitrogen and oxygen atoms in total. The molecule has 12 heavy (non-hydrogen) atoms. The fourth-order valence-electron chi connectivity index (χ4n) is 2.30. The van der Waals surface area contributed by atoms with E-state index < -0.39 is 0 Å². The maximum atomic E-state index is 5.98. The second kappa shape index (κ2) is 2.71. The average Bonchev–Trinajstić information content (AvgIpc) is 2.64. The maximum Gasteiger partial charge on any atom is 0.0842 e. The Labute approximate surface area is 74.9 Å². The summed E-state index contributed by atoms with van der Waals surface area (Å²) in [6.07, 6.45) is 4.28. The molecule has 0 N–H and O–H groups in total. The van der Waals surface area contributed by atoms with Gasteiger partial charge in [-0.15, -0.1) is 0 Å². The van der Waals surface area contributed by atoms with Gasteiger partial charge in [0, 0.05) is 6.04 Å². The molecule has 0 spiro atoms. The number of likely N-dealkylation sites (tertiary alicyclic amines) is 1. The van der Waals surface area contributed by atoms with Gasteiger partial charge in [0.05, 0.1) is 11.7 Å². The van der Waals surface area contributed by atoms with Gasteiger partial charge in [0.2, 0.25) is 0 Å². The number of rotatable bonds is 3. The summed E-state index contributed by atoms with van der Waals surface area (Å²) in [5.41, 5.74) is 0.265. The van der Waals surface area contributed by atoms with Crippen molar-refractivity contribution in [3.05, 3.63) is 0 Å². The first kappa shape index (κ1) is 8.52. The van der Waals surface area contributed by atoms with Gasteiger partial charge >= 0.3 is 0 Å². The molecule has 2 aliphatic rings. The average molecular weight is 169 g/mol. The van der Waals surface area contributed by atoms with E-state index in [1.165, 1.54) is 25.8 Å². The molecule has 1 saturated heterocycles. The Balaban J connectivity index is 1.92. The Kier molecular flexibility index (Phi) is 1.92.